The minimum Gasteiger partial charge on any atom is -0.491 e. The first kappa shape index (κ1) is 30.1. The van der Waals surface area contributed by atoms with E-state index in [0.717, 1.165) is 22.7 Å². The van der Waals surface area contributed by atoms with Crippen LogP contribution in [0.5, 0.6) is 11.5 Å². The number of carboxylic acids is 1. The fraction of sp³-hybridized carbons (Fsp3) is 0.464. The molecular formula is C28H35NO9S. The molecule has 2 aromatic carbocycles. The third kappa shape index (κ3) is 7.79. The number of carbonyl (C=O) groups excluding carboxylic acids is 2. The molecule has 0 aromatic heterocycles. The van der Waals surface area contributed by atoms with Crippen molar-refractivity contribution in [3.05, 3.63) is 52.6 Å². The van der Waals surface area contributed by atoms with Crippen molar-refractivity contribution >= 4 is 35.2 Å². The highest BCUT2D eigenvalue weighted by atomic mass is 32.2. The maximum atomic E-state index is 12.8. The van der Waals surface area contributed by atoms with E-state index in [9.17, 15) is 28.3 Å². The van der Waals surface area contributed by atoms with Gasteiger partial charge in [-0.3, -0.25) is 13.7 Å². The average Bonchev–Trinajstić information content (AvgIpc) is 3.68. The number of carboxylic acid groups (broad SMARTS) is 1. The molecule has 3 rings (SSSR count). The summed E-state index contributed by atoms with van der Waals surface area (Å²) >= 11 is -2.78. The van der Waals surface area contributed by atoms with Gasteiger partial charge in [0.25, 0.3) is 11.3 Å². The second-order valence-electron chi connectivity index (χ2n) is 10.5. The number of hydrogen-bond acceptors (Lipinski definition) is 7. The summed E-state index contributed by atoms with van der Waals surface area (Å²) in [6.45, 7) is 7.55. The first-order valence-electron chi connectivity index (χ1n) is 12.6. The monoisotopic (exact) mass is 561 g/mol. The van der Waals surface area contributed by atoms with Crippen LogP contribution in [0.2, 0.25) is 0 Å². The molecular weight excluding hydrogens is 526 g/mol. The van der Waals surface area contributed by atoms with E-state index in [0.29, 0.717) is 6.29 Å². The number of esters is 1. The normalized spacial score (nSPS) is 14.7. The van der Waals surface area contributed by atoms with Gasteiger partial charge < -0.3 is 24.1 Å². The Bertz CT molecular complexity index is 1240. The van der Waals surface area contributed by atoms with Crippen LogP contribution in [0.15, 0.2) is 30.3 Å². The lowest BCUT2D eigenvalue weighted by Crippen LogP contribution is -2.37. The van der Waals surface area contributed by atoms with Gasteiger partial charge in [-0.15, -0.1) is 0 Å². The molecule has 1 fully saturated rings. The summed E-state index contributed by atoms with van der Waals surface area (Å²) in [4.78, 5) is 37.5. The lowest BCUT2D eigenvalue weighted by atomic mass is 9.92. The molecule has 11 heteroatoms. The Labute approximate surface area is 230 Å². The van der Waals surface area contributed by atoms with Gasteiger partial charge in [0.05, 0.1) is 6.61 Å². The molecule has 1 saturated carbocycles. The van der Waals surface area contributed by atoms with E-state index in [2.05, 4.69) is 0 Å². The zero-order valence-corrected chi connectivity index (χ0v) is 23.6. The van der Waals surface area contributed by atoms with E-state index in [1.165, 1.54) is 13.8 Å². The van der Waals surface area contributed by atoms with Gasteiger partial charge in [0.1, 0.15) is 47.8 Å². The Balaban J connectivity index is 2.28. The summed E-state index contributed by atoms with van der Waals surface area (Å²) in [6.07, 6.45) is 2.44. The van der Waals surface area contributed by atoms with Gasteiger partial charge in [0.15, 0.2) is 0 Å². The lowest BCUT2D eigenvalue weighted by Gasteiger charge is -2.30. The summed E-state index contributed by atoms with van der Waals surface area (Å²) in [6, 6.07) is 9.01. The smallest absolute Gasteiger partial charge is 0.339 e. The summed E-state index contributed by atoms with van der Waals surface area (Å²) in [5, 5.41) is 10.2. The van der Waals surface area contributed by atoms with Crippen LogP contribution >= 0.6 is 0 Å². The molecule has 39 heavy (non-hydrogen) atoms. The number of nitrogens with zero attached hydrogens (tertiary/aromatic N) is 1. The highest BCUT2D eigenvalue weighted by Crippen LogP contribution is 2.48. The van der Waals surface area contributed by atoms with Crippen LogP contribution in [0.4, 0.5) is 5.69 Å². The number of benzene rings is 2. The number of hydrogen-bond donors (Lipinski definition) is 2. The Morgan fingerprint density at radius 3 is 2.31 bits per heavy atom. The van der Waals surface area contributed by atoms with Gasteiger partial charge in [-0.05, 0) is 52.0 Å². The zero-order valence-electron chi connectivity index (χ0n) is 22.8. The average molecular weight is 562 g/mol. The maximum Gasteiger partial charge on any atom is 0.339 e. The van der Waals surface area contributed by atoms with Crippen molar-refractivity contribution in [1.29, 1.82) is 0 Å². The molecule has 0 saturated heterocycles. The highest BCUT2D eigenvalue weighted by Gasteiger charge is 2.36. The maximum absolute atomic E-state index is 12.8. The molecule has 2 N–H and O–H groups in total. The quantitative estimate of drug-likeness (QED) is 0.203. The van der Waals surface area contributed by atoms with E-state index in [1.807, 2.05) is 6.07 Å². The van der Waals surface area contributed by atoms with Crippen LogP contribution in [0.25, 0.3) is 0 Å². The third-order valence-corrected chi connectivity index (χ3v) is 6.74. The van der Waals surface area contributed by atoms with Gasteiger partial charge in [0.2, 0.25) is 0 Å². The van der Waals surface area contributed by atoms with Crippen LogP contribution in [0.3, 0.4) is 0 Å². The fourth-order valence-electron chi connectivity index (χ4n) is 4.07. The van der Waals surface area contributed by atoms with Gasteiger partial charge in [-0.25, -0.2) is 9.00 Å². The van der Waals surface area contributed by atoms with Crippen molar-refractivity contribution in [3.8, 4) is 11.5 Å². The number of ether oxygens (including phenoxy) is 3. The Kier molecular flexibility index (Phi) is 9.73. The third-order valence-electron chi connectivity index (χ3n) is 6.05. The summed E-state index contributed by atoms with van der Waals surface area (Å²) in [5.41, 5.74) is -0.249. The second-order valence-corrected chi connectivity index (χ2v) is 11.4. The van der Waals surface area contributed by atoms with Crippen LogP contribution in [0, 0.1) is 12.8 Å². The number of aromatic carboxylic acids is 1. The molecule has 0 amide bonds. The Hall–Kier alpha value is -3.44. The van der Waals surface area contributed by atoms with E-state index in [4.69, 9.17) is 14.2 Å². The van der Waals surface area contributed by atoms with Crippen LogP contribution in [0.1, 0.15) is 73.5 Å². The van der Waals surface area contributed by atoms with Crippen molar-refractivity contribution in [2.75, 3.05) is 17.5 Å². The molecule has 2 unspecified atom stereocenters. The predicted molar refractivity (Wildman–Crippen MR) is 146 cm³/mol. The molecule has 0 bridgehead atoms. The van der Waals surface area contributed by atoms with E-state index in [1.54, 1.807) is 45.0 Å². The van der Waals surface area contributed by atoms with Crippen molar-refractivity contribution in [2.45, 2.75) is 65.6 Å². The summed E-state index contributed by atoms with van der Waals surface area (Å²) in [5.74, 6) is -2.99. The van der Waals surface area contributed by atoms with Crippen LogP contribution < -0.4 is 13.8 Å². The largest absolute Gasteiger partial charge is 0.491 e. The number of anilines is 1. The lowest BCUT2D eigenvalue weighted by molar-refractivity contribution is -0.152. The summed E-state index contributed by atoms with van der Waals surface area (Å²) < 4.78 is 41.4. The Morgan fingerprint density at radius 2 is 1.79 bits per heavy atom. The van der Waals surface area contributed by atoms with E-state index >= 15 is 0 Å². The van der Waals surface area contributed by atoms with Crippen molar-refractivity contribution in [1.82, 2.24) is 0 Å². The SMILES string of the molecule is Cc1c(OCC2CC2)c(N(CC(=O)OC(C)(C)C)S(=O)O)c(C(C)C=O)c(OCc2ccccc2)c1C(=O)O. The summed E-state index contributed by atoms with van der Waals surface area (Å²) in [7, 11) is 0. The number of rotatable bonds is 13. The van der Waals surface area contributed by atoms with Gasteiger partial charge in [-0.2, -0.15) is 0 Å². The van der Waals surface area contributed by atoms with Gasteiger partial charge in [-0.1, -0.05) is 37.3 Å². The number of carbonyl (C=O) groups is 3. The minimum atomic E-state index is -2.78. The van der Waals surface area contributed by atoms with E-state index < -0.39 is 41.3 Å². The van der Waals surface area contributed by atoms with Crippen LogP contribution in [-0.4, -0.2) is 50.8 Å². The standard InChI is InChI=1S/C28H35NO9S/c1-17(14-30)22-24(29(39(34)35)13-21(31)38-28(3,4)5)25(36-16-20-11-12-20)18(2)23(27(32)33)26(22)37-15-19-9-7-6-8-10-19/h6-10,14,17,20H,11-13,15-16H2,1-5H3,(H,32,33)(H,34,35). The Morgan fingerprint density at radius 1 is 1.15 bits per heavy atom. The predicted octanol–water partition coefficient (Wildman–Crippen LogP) is 4.65. The molecule has 2 aromatic rings. The van der Waals surface area contributed by atoms with Gasteiger partial charge >= 0.3 is 11.9 Å². The molecule has 0 aliphatic heterocycles. The van der Waals surface area contributed by atoms with Crippen LogP contribution in [-0.2, 0) is 32.2 Å². The first-order chi connectivity index (χ1) is 18.3. The molecule has 10 nitrogen and oxygen atoms in total. The second kappa shape index (κ2) is 12.6. The molecule has 212 valence electrons. The molecule has 0 spiro atoms. The fourth-order valence-corrected chi connectivity index (χ4v) is 4.62. The number of aldehydes is 1. The highest BCUT2D eigenvalue weighted by molar-refractivity contribution is 7.80. The molecule has 0 radical (unpaired) electrons. The topological polar surface area (TPSA) is 140 Å². The molecule has 1 aliphatic carbocycles. The molecule has 0 heterocycles. The molecule has 1 aliphatic rings. The zero-order chi connectivity index (χ0) is 28.9. The minimum absolute atomic E-state index is 0.000944. The van der Waals surface area contributed by atoms with Gasteiger partial charge in [0, 0.05) is 17.0 Å². The van der Waals surface area contributed by atoms with E-state index in [-0.39, 0.29) is 53.0 Å². The van der Waals surface area contributed by atoms with Crippen molar-refractivity contribution < 1.29 is 42.5 Å². The van der Waals surface area contributed by atoms with Crippen molar-refractivity contribution in [2.24, 2.45) is 5.92 Å². The first-order valence-corrected chi connectivity index (χ1v) is 13.7. The van der Waals surface area contributed by atoms with Crippen molar-refractivity contribution in [3.63, 3.8) is 0 Å². The molecule has 2 atom stereocenters.